The summed E-state index contributed by atoms with van der Waals surface area (Å²) in [6, 6.07) is 4.96. The summed E-state index contributed by atoms with van der Waals surface area (Å²) in [6.45, 7) is 5.25. The van der Waals surface area contributed by atoms with E-state index in [0.717, 1.165) is 25.2 Å². The van der Waals surface area contributed by atoms with E-state index in [-0.39, 0.29) is 11.4 Å². The number of rotatable bonds is 6. The summed E-state index contributed by atoms with van der Waals surface area (Å²) >= 11 is 0. The number of nitrogens with zero attached hydrogens (tertiary/aromatic N) is 3. The molecule has 1 aliphatic heterocycles. The molecule has 20 heavy (non-hydrogen) atoms. The van der Waals surface area contributed by atoms with Crippen LogP contribution in [0.15, 0.2) is 18.2 Å². The first-order valence-electron chi connectivity index (χ1n) is 7.00. The molecule has 1 fully saturated rings. The van der Waals surface area contributed by atoms with Crippen LogP contribution in [-0.2, 0) is 6.54 Å². The number of hydrogen-bond acceptors (Lipinski definition) is 5. The van der Waals surface area contributed by atoms with E-state index in [1.165, 1.54) is 32.0 Å². The quantitative estimate of drug-likeness (QED) is 0.487. The number of nitrogens with two attached hydrogens (primary N) is 1. The molecular weight excluding hydrogens is 256 g/mol. The zero-order chi connectivity index (χ0) is 14.5. The number of likely N-dealkylation sites (tertiary alicyclic amines) is 1. The lowest BCUT2D eigenvalue weighted by Crippen LogP contribution is -2.31. The molecule has 0 spiro atoms. The molecule has 1 aromatic carbocycles. The molecule has 0 aromatic heterocycles. The zero-order valence-electron chi connectivity index (χ0n) is 11.9. The molecule has 0 amide bonds. The Morgan fingerprint density at radius 2 is 2.10 bits per heavy atom. The van der Waals surface area contributed by atoms with Crippen LogP contribution in [0.2, 0.25) is 0 Å². The smallest absolute Gasteiger partial charge is 0.292 e. The molecule has 1 aliphatic rings. The number of benzene rings is 1. The van der Waals surface area contributed by atoms with Crippen molar-refractivity contribution in [1.29, 1.82) is 0 Å². The molecule has 2 rings (SSSR count). The van der Waals surface area contributed by atoms with Crippen molar-refractivity contribution >= 4 is 11.4 Å². The number of likely N-dealkylation sites (N-methyl/N-ethyl adjacent to an activating group) is 1. The normalized spacial score (nSPS) is 15.9. The molecule has 110 valence electrons. The largest absolute Gasteiger partial charge is 0.393 e. The van der Waals surface area contributed by atoms with Crippen molar-refractivity contribution in [3.63, 3.8) is 0 Å². The fourth-order valence-electron chi connectivity index (χ4n) is 2.58. The van der Waals surface area contributed by atoms with Gasteiger partial charge in [-0.25, -0.2) is 0 Å². The van der Waals surface area contributed by atoms with Gasteiger partial charge in [-0.1, -0.05) is 6.07 Å². The van der Waals surface area contributed by atoms with Gasteiger partial charge in [0.05, 0.1) is 4.92 Å². The van der Waals surface area contributed by atoms with Crippen molar-refractivity contribution in [2.24, 2.45) is 0 Å². The van der Waals surface area contributed by atoms with Gasteiger partial charge in [0.15, 0.2) is 0 Å². The van der Waals surface area contributed by atoms with E-state index in [2.05, 4.69) is 16.8 Å². The summed E-state index contributed by atoms with van der Waals surface area (Å²) in [6.07, 6.45) is 2.62. The fourth-order valence-corrected chi connectivity index (χ4v) is 2.58. The van der Waals surface area contributed by atoms with Crippen molar-refractivity contribution in [2.45, 2.75) is 19.4 Å². The van der Waals surface area contributed by atoms with Crippen LogP contribution < -0.4 is 5.73 Å². The first-order chi connectivity index (χ1) is 9.56. The second kappa shape index (κ2) is 6.67. The van der Waals surface area contributed by atoms with E-state index in [9.17, 15) is 10.1 Å². The van der Waals surface area contributed by atoms with E-state index >= 15 is 0 Å². The van der Waals surface area contributed by atoms with Gasteiger partial charge in [-0.15, -0.1) is 0 Å². The van der Waals surface area contributed by atoms with Gasteiger partial charge in [-0.05, 0) is 44.6 Å². The van der Waals surface area contributed by atoms with E-state index in [4.69, 9.17) is 5.73 Å². The summed E-state index contributed by atoms with van der Waals surface area (Å²) in [5.74, 6) is 0. The number of hydrogen-bond donors (Lipinski definition) is 1. The van der Waals surface area contributed by atoms with E-state index in [0.29, 0.717) is 0 Å². The van der Waals surface area contributed by atoms with Crippen molar-refractivity contribution in [3.8, 4) is 0 Å². The minimum Gasteiger partial charge on any atom is -0.393 e. The Kier molecular flexibility index (Phi) is 4.92. The predicted molar refractivity (Wildman–Crippen MR) is 79.5 cm³/mol. The molecule has 0 bridgehead atoms. The maximum atomic E-state index is 10.7. The summed E-state index contributed by atoms with van der Waals surface area (Å²) < 4.78 is 0. The lowest BCUT2D eigenvalue weighted by atomic mass is 10.1. The van der Waals surface area contributed by atoms with Gasteiger partial charge in [0, 0.05) is 25.7 Å². The number of nitro groups is 1. The molecule has 0 atom stereocenters. The Morgan fingerprint density at radius 1 is 1.40 bits per heavy atom. The van der Waals surface area contributed by atoms with Crippen molar-refractivity contribution in [3.05, 3.63) is 33.9 Å². The highest BCUT2D eigenvalue weighted by molar-refractivity contribution is 5.59. The highest BCUT2D eigenvalue weighted by Gasteiger charge is 2.13. The Morgan fingerprint density at radius 3 is 2.70 bits per heavy atom. The molecule has 6 nitrogen and oxygen atoms in total. The molecule has 1 saturated heterocycles. The molecule has 1 aromatic rings. The second-order valence-electron chi connectivity index (χ2n) is 5.44. The van der Waals surface area contributed by atoms with Crippen LogP contribution in [0, 0.1) is 10.1 Å². The first-order valence-corrected chi connectivity index (χ1v) is 7.00. The van der Waals surface area contributed by atoms with Crippen molar-refractivity contribution < 1.29 is 4.92 Å². The average molecular weight is 278 g/mol. The van der Waals surface area contributed by atoms with Gasteiger partial charge in [-0.2, -0.15) is 0 Å². The second-order valence-corrected chi connectivity index (χ2v) is 5.44. The molecule has 1 heterocycles. The fraction of sp³-hybridized carbons (Fsp3) is 0.571. The molecule has 0 saturated carbocycles. The molecule has 0 aliphatic carbocycles. The Balaban J connectivity index is 1.85. The number of anilines is 1. The van der Waals surface area contributed by atoms with Crippen molar-refractivity contribution in [2.75, 3.05) is 39.0 Å². The van der Waals surface area contributed by atoms with E-state index in [1.54, 1.807) is 12.1 Å². The predicted octanol–water partition coefficient (Wildman–Crippen LogP) is 1.70. The molecule has 6 heteroatoms. The maximum absolute atomic E-state index is 10.7. The van der Waals surface area contributed by atoms with Crippen LogP contribution in [0.3, 0.4) is 0 Å². The molecule has 0 unspecified atom stereocenters. The topological polar surface area (TPSA) is 75.6 Å². The van der Waals surface area contributed by atoms with Crippen LogP contribution in [0.5, 0.6) is 0 Å². The van der Waals surface area contributed by atoms with Crippen LogP contribution in [0.25, 0.3) is 0 Å². The maximum Gasteiger partial charge on any atom is 0.292 e. The van der Waals surface area contributed by atoms with Crippen LogP contribution >= 0.6 is 0 Å². The number of nitrogen functional groups attached to an aromatic ring is 1. The Hall–Kier alpha value is -1.66. The first kappa shape index (κ1) is 14.7. The van der Waals surface area contributed by atoms with Gasteiger partial charge in [0.25, 0.3) is 5.69 Å². The molecule has 2 N–H and O–H groups in total. The van der Waals surface area contributed by atoms with E-state index < -0.39 is 4.92 Å². The Bertz CT molecular complexity index is 472. The van der Waals surface area contributed by atoms with Gasteiger partial charge < -0.3 is 15.5 Å². The van der Waals surface area contributed by atoms with Crippen molar-refractivity contribution in [1.82, 2.24) is 9.80 Å². The standard InChI is InChI=1S/C14H22N4O2/c1-16(8-9-17-6-2-3-7-17)11-12-4-5-14(18(19)20)13(15)10-12/h4-5,10H,2-3,6-9,11,15H2,1H3. The average Bonchev–Trinajstić information content (AvgIpc) is 2.89. The number of nitro benzene ring substituents is 1. The van der Waals surface area contributed by atoms with E-state index in [1.807, 2.05) is 0 Å². The zero-order valence-corrected chi connectivity index (χ0v) is 11.9. The van der Waals surface area contributed by atoms with Crippen LogP contribution in [0.4, 0.5) is 11.4 Å². The minimum atomic E-state index is -0.448. The van der Waals surface area contributed by atoms with Gasteiger partial charge >= 0.3 is 0 Å². The summed E-state index contributed by atoms with van der Waals surface area (Å²) in [4.78, 5) is 15.0. The third-order valence-electron chi connectivity index (χ3n) is 3.74. The molecular formula is C14H22N4O2. The molecule has 0 radical (unpaired) electrons. The monoisotopic (exact) mass is 278 g/mol. The lowest BCUT2D eigenvalue weighted by molar-refractivity contribution is -0.383. The SMILES string of the molecule is CN(CCN1CCCC1)Cc1ccc([N+](=O)[O-])c(N)c1. The van der Waals surface area contributed by atoms with Crippen LogP contribution in [0.1, 0.15) is 18.4 Å². The summed E-state index contributed by atoms with van der Waals surface area (Å²) in [7, 11) is 2.06. The highest BCUT2D eigenvalue weighted by atomic mass is 16.6. The van der Waals surface area contributed by atoms with Crippen LogP contribution in [-0.4, -0.2) is 47.9 Å². The summed E-state index contributed by atoms with van der Waals surface area (Å²) in [5.41, 5.74) is 6.93. The third-order valence-corrected chi connectivity index (χ3v) is 3.74. The third kappa shape index (κ3) is 3.91. The van der Waals surface area contributed by atoms with Gasteiger partial charge in [-0.3, -0.25) is 10.1 Å². The van der Waals surface area contributed by atoms with Gasteiger partial charge in [0.2, 0.25) is 0 Å². The van der Waals surface area contributed by atoms with Gasteiger partial charge in [0.1, 0.15) is 5.69 Å². The minimum absolute atomic E-state index is 0.0199. The lowest BCUT2D eigenvalue weighted by Gasteiger charge is -2.21. The summed E-state index contributed by atoms with van der Waals surface area (Å²) in [5, 5.41) is 10.7. The highest BCUT2D eigenvalue weighted by Crippen LogP contribution is 2.22. The Labute approximate surface area is 119 Å².